The Morgan fingerprint density at radius 2 is 0.496 bits per heavy atom. The molecule has 658 valence electrons. The van der Waals surface area contributed by atoms with E-state index in [-0.39, 0.29) is 6.71 Å². The summed E-state index contributed by atoms with van der Waals surface area (Å²) in [5.41, 5.74) is 39.1. The van der Waals surface area contributed by atoms with Crippen LogP contribution < -0.4 is 77.9 Å². The van der Waals surface area contributed by atoms with Crippen LogP contribution >= 0.6 is 0 Å². The van der Waals surface area contributed by atoms with E-state index in [9.17, 15) is 0 Å². The van der Waals surface area contributed by atoms with Gasteiger partial charge in [-0.3, -0.25) is 0 Å². The number of rotatable bonds is 12. The Hall–Kier alpha value is -17.8. The van der Waals surface area contributed by atoms with Gasteiger partial charge >= 0.3 is 0 Å². The molecule has 0 aliphatic carbocycles. The molecule has 0 spiro atoms. The maximum absolute atomic E-state index is 8.75. The third-order valence-corrected chi connectivity index (χ3v) is 30.2. The normalized spacial score (nSPS) is 13.1. The lowest BCUT2D eigenvalue weighted by atomic mass is 9.29. The fourth-order valence-corrected chi connectivity index (χ4v) is 23.9. The van der Waals surface area contributed by atoms with E-state index in [0.717, 1.165) is 223 Å². The summed E-state index contributed by atoms with van der Waals surface area (Å²) in [5.74, 6) is 5.56. The van der Waals surface area contributed by atoms with Gasteiger partial charge in [-0.1, -0.05) is 373 Å². The van der Waals surface area contributed by atoms with E-state index < -0.39 is 18.8 Å². The summed E-state index contributed by atoms with van der Waals surface area (Å²) in [6.07, 6.45) is 0. The highest BCUT2D eigenvalue weighted by Crippen LogP contribution is 2.58. The number of fused-ring (bicyclic) bond motifs is 20. The van der Waals surface area contributed by atoms with Crippen molar-refractivity contribution in [2.45, 2.75) is 26.2 Å². The van der Waals surface area contributed by atoms with Crippen LogP contribution in [0.25, 0.3) is 144 Å². The van der Waals surface area contributed by atoms with Gasteiger partial charge in [0.15, 0.2) is 0 Å². The molecule has 29 rings (SSSR count). The topological polar surface area (TPSA) is 53.3 Å². The molecule has 0 radical (unpaired) electrons. The molecule has 0 amide bonds. The molecule has 8 heterocycles. The first-order valence-corrected chi connectivity index (χ1v) is 48.8. The predicted octanol–water partition coefficient (Wildman–Crippen LogP) is 28.1. The monoisotopic (exact) mass is 1800 g/mol. The van der Waals surface area contributed by atoms with Gasteiger partial charge in [0, 0.05) is 113 Å². The van der Waals surface area contributed by atoms with Gasteiger partial charge in [0.1, 0.15) is 46.0 Å². The molecule has 8 nitrogen and oxygen atoms in total. The minimum absolute atomic E-state index is 0.329. The molecule has 6 aliphatic heterocycles. The predicted molar refractivity (Wildman–Crippen MR) is 587 cm³/mol. The number of hydrogen-bond acceptors (Lipinski definition) is 6. The Labute approximate surface area is 818 Å². The van der Waals surface area contributed by atoms with Gasteiger partial charge in [0.25, 0.3) is 20.1 Å². The zero-order valence-corrected chi connectivity index (χ0v) is 77.5. The van der Waals surface area contributed by atoms with Crippen molar-refractivity contribution < 1.29 is 18.9 Å². The van der Waals surface area contributed by atoms with Crippen molar-refractivity contribution in [3.63, 3.8) is 0 Å². The van der Waals surface area contributed by atoms with Gasteiger partial charge in [-0.25, -0.2) is 0 Å². The Kier molecular flexibility index (Phi) is 17.9. The van der Waals surface area contributed by atoms with Crippen molar-refractivity contribution in [3.8, 4) is 146 Å². The van der Waals surface area contributed by atoms with Crippen LogP contribution in [0.15, 0.2) is 461 Å². The molecular weight excluding hydrogens is 1710 g/mol. The Bertz CT molecular complexity index is 8930. The smallest absolute Gasteiger partial charge is 0.265 e. The molecule has 23 aromatic rings. The summed E-state index contributed by atoms with van der Waals surface area (Å²) < 4.78 is 37.8. The van der Waals surface area contributed by atoms with E-state index in [1.165, 1.54) is 21.5 Å². The van der Waals surface area contributed by atoms with Gasteiger partial charge in [0.05, 0.1) is 33.4 Å². The minimum atomic E-state index is -0.605. The van der Waals surface area contributed by atoms with E-state index in [1.807, 2.05) is 0 Å². The maximum atomic E-state index is 8.75. The number of aromatic nitrogens is 2. The van der Waals surface area contributed by atoms with Gasteiger partial charge in [-0.15, -0.1) is 0 Å². The summed E-state index contributed by atoms with van der Waals surface area (Å²) in [5, 5.41) is 4.69. The molecule has 21 aromatic carbocycles. The van der Waals surface area contributed by atoms with Crippen molar-refractivity contribution >= 4 is 147 Å². The van der Waals surface area contributed by atoms with Gasteiger partial charge in [0.2, 0.25) is 0 Å². The highest BCUT2D eigenvalue weighted by Gasteiger charge is 2.55. The van der Waals surface area contributed by atoms with Crippen molar-refractivity contribution in [2.24, 2.45) is 0 Å². The van der Waals surface area contributed by atoms with Crippen molar-refractivity contribution in [1.82, 2.24) is 9.13 Å². The third-order valence-electron chi connectivity index (χ3n) is 30.2. The first kappa shape index (κ1) is 80.5. The highest BCUT2D eigenvalue weighted by atomic mass is 16.5. The summed E-state index contributed by atoms with van der Waals surface area (Å²) >= 11 is 0. The summed E-state index contributed by atoms with van der Waals surface area (Å²) in [6, 6.07) is 170. The fourth-order valence-electron chi connectivity index (χ4n) is 23.9. The second kappa shape index (κ2) is 31.4. The van der Waals surface area contributed by atoms with Crippen LogP contribution in [0.4, 0.5) is 34.1 Å². The molecule has 141 heavy (non-hydrogen) atoms. The molecule has 0 fully saturated rings. The zero-order chi connectivity index (χ0) is 93.0. The summed E-state index contributed by atoms with van der Waals surface area (Å²) in [4.78, 5) is 5.37. The standard InChI is InChI=1S/C130H85B3N4O4/c1-130(2,3)92-74-112-121-113(75-92)137(127-101(86-48-24-10-25-49-86)70-91(83-42-18-7-19-43-83)71-102(127)87-50-26-11-27-51-87)114-78-118-124-128(122(114)132(121)103-66-62-93(134-107-56-32-28-52-95(107)96-53-29-33-57-108(96)134)76-111(103)136(112)126-99(84-44-20-8-21-45-84)68-90(82-40-16-6-17-41-82)69-100(126)85-46-22-9-23-47-85)141-120-79-119-123-129(125(120)133(124)106-67-63-94(77-117(106)139-118)135-109-58-34-30-54-97(109)98-55-31-35-59-110(98)135)140-116-73-89(81-38-14-5-15-39-81)61-65-105(116)131(123)104-64-60-88(72-115(104)138-119)80-36-12-4-13-37-80/h4-79H,1-3H3. The Balaban J connectivity index is 0.783. The molecule has 0 N–H and O–H groups in total. The average molecular weight is 1800 g/mol. The van der Waals surface area contributed by atoms with Gasteiger partial charge < -0.3 is 37.9 Å². The lowest BCUT2D eigenvalue weighted by Crippen LogP contribution is -2.66. The van der Waals surface area contributed by atoms with Gasteiger partial charge in [-0.05, 0) is 202 Å². The van der Waals surface area contributed by atoms with Crippen LogP contribution in [0.5, 0.6) is 46.0 Å². The number of benzene rings is 21. The van der Waals surface area contributed by atoms with Crippen molar-refractivity contribution in [1.29, 1.82) is 0 Å². The van der Waals surface area contributed by atoms with Crippen molar-refractivity contribution in [2.75, 3.05) is 9.80 Å². The SMILES string of the molecule is CC(C)(C)c1cc2c3c(c1)N(c1c(-c4ccccc4)cc(-c4ccccc4)cc1-c1ccccc1)c1cc4c5c(c1B3c1ccc(-n3c6ccccc6c6ccccc63)cc1N2c1c(-c2ccccc2)cc(-c2ccccc2)cc1-c1ccccc1)Oc1cc2c3c(c1B5c1ccc(-n5c6ccccc6c6ccccc65)cc1O4)Oc1cc(-c4ccccc4)ccc1B3c1ccc(-c3ccccc3)cc1O2. The lowest BCUT2D eigenvalue weighted by Gasteiger charge is -2.48. The van der Waals surface area contributed by atoms with E-state index in [4.69, 9.17) is 18.9 Å². The van der Waals surface area contributed by atoms with Crippen LogP contribution in [0.2, 0.25) is 0 Å². The Morgan fingerprint density at radius 3 is 0.915 bits per heavy atom. The highest BCUT2D eigenvalue weighted by molar-refractivity contribution is 7.04. The largest absolute Gasteiger partial charge is 0.459 e. The molecule has 0 saturated heterocycles. The molecule has 0 saturated carbocycles. The van der Waals surface area contributed by atoms with Crippen LogP contribution in [0, 0.1) is 0 Å². The Morgan fingerprint density at radius 1 is 0.199 bits per heavy atom. The quantitative estimate of drug-likeness (QED) is 0.114. The number of para-hydroxylation sites is 4. The first-order valence-electron chi connectivity index (χ1n) is 48.8. The molecule has 6 aliphatic rings. The summed E-state index contributed by atoms with van der Waals surface area (Å²) in [6.45, 7) is 5.62. The molecule has 0 atom stereocenters. The number of nitrogens with zero attached hydrogens (tertiary/aromatic N) is 4. The van der Waals surface area contributed by atoms with E-state index >= 15 is 0 Å². The third kappa shape index (κ3) is 12.5. The van der Waals surface area contributed by atoms with E-state index in [0.29, 0.717) is 34.5 Å². The van der Waals surface area contributed by atoms with Crippen LogP contribution in [-0.2, 0) is 5.41 Å². The number of ether oxygens (including phenoxy) is 4. The molecule has 0 bridgehead atoms. The molecular formula is C130H85B3N4O4. The van der Waals surface area contributed by atoms with Gasteiger partial charge in [-0.2, -0.15) is 0 Å². The minimum Gasteiger partial charge on any atom is -0.459 e. The van der Waals surface area contributed by atoms with E-state index in [2.05, 4.69) is 501 Å². The summed E-state index contributed by atoms with van der Waals surface area (Å²) in [7, 11) is 0. The van der Waals surface area contributed by atoms with Crippen LogP contribution in [0.3, 0.4) is 0 Å². The van der Waals surface area contributed by atoms with Crippen LogP contribution in [-0.4, -0.2) is 29.3 Å². The molecule has 2 aromatic heterocycles. The average Bonchev–Trinajstić information content (AvgIpc) is 0.837. The van der Waals surface area contributed by atoms with E-state index in [1.54, 1.807) is 0 Å². The lowest BCUT2D eigenvalue weighted by molar-refractivity contribution is 0.444. The second-order valence-electron chi connectivity index (χ2n) is 39.1. The molecule has 11 heteroatoms. The first-order chi connectivity index (χ1) is 69.6. The maximum Gasteiger partial charge on any atom is 0.265 e. The second-order valence-corrected chi connectivity index (χ2v) is 39.1. The number of hydrogen-bond donors (Lipinski definition) is 0. The molecule has 0 unspecified atom stereocenters. The zero-order valence-electron chi connectivity index (χ0n) is 77.5. The fraction of sp³-hybridized carbons (Fsp3) is 0.0308. The number of anilines is 6. The van der Waals surface area contributed by atoms with Crippen molar-refractivity contribution in [3.05, 3.63) is 467 Å². The van der Waals surface area contributed by atoms with Crippen LogP contribution in [0.1, 0.15) is 26.3 Å².